The SMILES string of the molecule is C=C1CNCCNc2nc3occ(C(=O)O)c3cc21. The molecule has 19 heavy (non-hydrogen) atoms. The Balaban J connectivity index is 2.21. The lowest BCUT2D eigenvalue weighted by molar-refractivity contribution is 0.0698. The minimum atomic E-state index is -1.02. The first-order valence-corrected chi connectivity index (χ1v) is 5.95. The first-order valence-electron chi connectivity index (χ1n) is 5.95. The first kappa shape index (κ1) is 11.7. The zero-order valence-electron chi connectivity index (χ0n) is 10.2. The van der Waals surface area contributed by atoms with E-state index in [2.05, 4.69) is 22.2 Å². The molecule has 2 aromatic heterocycles. The molecule has 0 saturated heterocycles. The molecule has 0 atom stereocenters. The number of carbonyl (C=O) groups is 1. The van der Waals surface area contributed by atoms with E-state index in [9.17, 15) is 4.79 Å². The van der Waals surface area contributed by atoms with Gasteiger partial charge in [-0.05, 0) is 11.6 Å². The van der Waals surface area contributed by atoms with E-state index in [1.807, 2.05) is 0 Å². The summed E-state index contributed by atoms with van der Waals surface area (Å²) in [7, 11) is 0. The minimum Gasteiger partial charge on any atom is -0.478 e. The van der Waals surface area contributed by atoms with Gasteiger partial charge in [0.1, 0.15) is 17.6 Å². The molecule has 6 nitrogen and oxygen atoms in total. The van der Waals surface area contributed by atoms with E-state index in [4.69, 9.17) is 9.52 Å². The molecule has 0 aliphatic carbocycles. The molecule has 3 rings (SSSR count). The molecule has 6 heteroatoms. The second-order valence-electron chi connectivity index (χ2n) is 4.40. The summed E-state index contributed by atoms with van der Waals surface area (Å²) in [6.07, 6.45) is 1.22. The van der Waals surface area contributed by atoms with Gasteiger partial charge in [0, 0.05) is 25.2 Å². The highest BCUT2D eigenvalue weighted by Crippen LogP contribution is 2.29. The highest BCUT2D eigenvalue weighted by Gasteiger charge is 2.18. The zero-order chi connectivity index (χ0) is 13.4. The summed E-state index contributed by atoms with van der Waals surface area (Å²) in [4.78, 5) is 15.5. The van der Waals surface area contributed by atoms with Crippen LogP contribution in [-0.4, -0.2) is 35.7 Å². The number of nitrogens with one attached hydrogen (secondary N) is 2. The smallest absolute Gasteiger partial charge is 0.339 e. The Hall–Kier alpha value is -2.34. The Morgan fingerprint density at radius 2 is 2.32 bits per heavy atom. The van der Waals surface area contributed by atoms with Gasteiger partial charge in [0.2, 0.25) is 5.71 Å². The number of aromatic nitrogens is 1. The molecule has 0 amide bonds. The Bertz CT molecular complexity index is 675. The molecule has 1 aliphatic rings. The maximum atomic E-state index is 11.1. The average Bonchev–Trinajstić information content (AvgIpc) is 2.77. The minimum absolute atomic E-state index is 0.119. The summed E-state index contributed by atoms with van der Waals surface area (Å²) >= 11 is 0. The predicted octanol–water partition coefficient (Wildman–Crippen LogP) is 1.55. The highest BCUT2D eigenvalue weighted by molar-refractivity contribution is 6.02. The van der Waals surface area contributed by atoms with Crippen molar-refractivity contribution in [2.24, 2.45) is 0 Å². The van der Waals surface area contributed by atoms with E-state index in [1.54, 1.807) is 6.07 Å². The number of hydrogen-bond acceptors (Lipinski definition) is 5. The summed E-state index contributed by atoms with van der Waals surface area (Å²) in [5.41, 5.74) is 2.14. The quantitative estimate of drug-likeness (QED) is 0.720. The van der Waals surface area contributed by atoms with E-state index in [-0.39, 0.29) is 5.56 Å². The van der Waals surface area contributed by atoms with Gasteiger partial charge in [-0.3, -0.25) is 0 Å². The molecule has 2 aromatic rings. The third-order valence-electron chi connectivity index (χ3n) is 3.11. The van der Waals surface area contributed by atoms with Crippen molar-refractivity contribution in [1.29, 1.82) is 0 Å². The molecule has 98 valence electrons. The van der Waals surface area contributed by atoms with Gasteiger partial charge in [0.25, 0.3) is 0 Å². The topological polar surface area (TPSA) is 87.4 Å². The number of hydrogen-bond donors (Lipinski definition) is 3. The maximum absolute atomic E-state index is 11.1. The lowest BCUT2D eigenvalue weighted by Crippen LogP contribution is -2.27. The molecule has 3 N–H and O–H groups in total. The van der Waals surface area contributed by atoms with Crippen LogP contribution < -0.4 is 10.6 Å². The molecule has 3 heterocycles. The normalized spacial score (nSPS) is 15.5. The fourth-order valence-electron chi connectivity index (χ4n) is 2.13. The van der Waals surface area contributed by atoms with Crippen LogP contribution in [0, 0.1) is 0 Å². The van der Waals surface area contributed by atoms with Gasteiger partial charge in [-0.15, -0.1) is 0 Å². The molecular formula is C13H13N3O3. The van der Waals surface area contributed by atoms with Gasteiger partial charge in [-0.25, -0.2) is 4.79 Å². The largest absolute Gasteiger partial charge is 0.478 e. The van der Waals surface area contributed by atoms with Crippen LogP contribution in [0.5, 0.6) is 0 Å². The van der Waals surface area contributed by atoms with Crippen molar-refractivity contribution in [2.75, 3.05) is 25.0 Å². The summed E-state index contributed by atoms with van der Waals surface area (Å²) in [5, 5.41) is 16.0. The van der Waals surface area contributed by atoms with E-state index in [0.717, 1.165) is 24.2 Å². The number of carboxylic acids is 1. The van der Waals surface area contributed by atoms with Gasteiger partial charge < -0.3 is 20.2 Å². The van der Waals surface area contributed by atoms with Crippen molar-refractivity contribution in [1.82, 2.24) is 10.3 Å². The second kappa shape index (κ2) is 4.40. The number of pyridine rings is 1. The average molecular weight is 259 g/mol. The van der Waals surface area contributed by atoms with Crippen molar-refractivity contribution in [2.45, 2.75) is 0 Å². The number of anilines is 1. The monoisotopic (exact) mass is 259 g/mol. The van der Waals surface area contributed by atoms with Crippen molar-refractivity contribution < 1.29 is 14.3 Å². The summed E-state index contributed by atoms with van der Waals surface area (Å²) in [6.45, 7) is 6.21. The molecular weight excluding hydrogens is 246 g/mol. The molecule has 0 bridgehead atoms. The summed E-state index contributed by atoms with van der Waals surface area (Å²) in [6, 6.07) is 1.77. The molecule has 1 aliphatic heterocycles. The number of carboxylic acid groups (broad SMARTS) is 1. The van der Waals surface area contributed by atoms with Crippen LogP contribution in [0.2, 0.25) is 0 Å². The van der Waals surface area contributed by atoms with Crippen LogP contribution in [0.4, 0.5) is 5.82 Å². The van der Waals surface area contributed by atoms with Crippen LogP contribution in [0.1, 0.15) is 15.9 Å². The fraction of sp³-hybridized carbons (Fsp3) is 0.231. The van der Waals surface area contributed by atoms with Crippen LogP contribution in [-0.2, 0) is 0 Å². The van der Waals surface area contributed by atoms with Crippen LogP contribution in [0.25, 0.3) is 16.7 Å². The van der Waals surface area contributed by atoms with E-state index in [1.165, 1.54) is 6.26 Å². The lowest BCUT2D eigenvalue weighted by atomic mass is 10.0. The Morgan fingerprint density at radius 1 is 1.47 bits per heavy atom. The number of fused-ring (bicyclic) bond motifs is 2. The Kier molecular flexibility index (Phi) is 2.72. The number of furan rings is 1. The molecule has 0 unspecified atom stereocenters. The Labute approximate surface area is 109 Å². The molecule has 0 saturated carbocycles. The lowest BCUT2D eigenvalue weighted by Gasteiger charge is -2.17. The number of aromatic carboxylic acids is 1. The van der Waals surface area contributed by atoms with E-state index in [0.29, 0.717) is 23.5 Å². The highest BCUT2D eigenvalue weighted by atomic mass is 16.4. The van der Waals surface area contributed by atoms with Crippen molar-refractivity contribution in [3.8, 4) is 0 Å². The summed E-state index contributed by atoms with van der Waals surface area (Å²) < 4.78 is 5.21. The number of nitrogens with zero attached hydrogens (tertiary/aromatic N) is 1. The maximum Gasteiger partial charge on any atom is 0.339 e. The number of rotatable bonds is 1. The van der Waals surface area contributed by atoms with E-state index >= 15 is 0 Å². The zero-order valence-corrected chi connectivity index (χ0v) is 10.2. The van der Waals surface area contributed by atoms with Crippen molar-refractivity contribution >= 4 is 28.5 Å². The fourth-order valence-corrected chi connectivity index (χ4v) is 2.13. The third-order valence-corrected chi connectivity index (χ3v) is 3.11. The van der Waals surface area contributed by atoms with Gasteiger partial charge >= 0.3 is 5.97 Å². The second-order valence-corrected chi connectivity index (χ2v) is 4.40. The van der Waals surface area contributed by atoms with Crippen LogP contribution in [0.3, 0.4) is 0 Å². The van der Waals surface area contributed by atoms with Gasteiger partial charge in [-0.2, -0.15) is 4.98 Å². The van der Waals surface area contributed by atoms with Gasteiger partial charge in [0.05, 0.1) is 5.39 Å². The molecule has 0 aromatic carbocycles. The van der Waals surface area contributed by atoms with Crippen LogP contribution in [0.15, 0.2) is 23.3 Å². The van der Waals surface area contributed by atoms with E-state index < -0.39 is 5.97 Å². The summed E-state index contributed by atoms with van der Waals surface area (Å²) in [5.74, 6) is -0.340. The Morgan fingerprint density at radius 3 is 3.11 bits per heavy atom. The predicted molar refractivity (Wildman–Crippen MR) is 71.4 cm³/mol. The molecule has 0 fully saturated rings. The standard InChI is InChI=1S/C13H13N3O3/c1-7-5-14-2-3-15-11-8(7)4-9-10(13(17)18)6-19-12(9)16-11/h4,6,14H,1-3,5H2,(H,15,16)(H,17,18). The molecule has 0 spiro atoms. The van der Waals surface area contributed by atoms with Crippen LogP contribution >= 0.6 is 0 Å². The third kappa shape index (κ3) is 1.96. The first-order chi connectivity index (χ1) is 9.16. The van der Waals surface area contributed by atoms with Gasteiger partial charge in [0.15, 0.2) is 0 Å². The van der Waals surface area contributed by atoms with Crippen molar-refractivity contribution in [3.05, 3.63) is 30.0 Å². The van der Waals surface area contributed by atoms with Gasteiger partial charge in [-0.1, -0.05) is 6.58 Å². The molecule has 0 radical (unpaired) electrons. The van der Waals surface area contributed by atoms with Crippen molar-refractivity contribution in [3.63, 3.8) is 0 Å².